The maximum atomic E-state index is 8.90. The number of rotatable bonds is 3. The second-order valence-electron chi connectivity index (χ2n) is 3.01. The second-order valence-corrected chi connectivity index (χ2v) is 3.01. The van der Waals surface area contributed by atoms with Gasteiger partial charge in [-0.25, -0.2) is 9.67 Å². The Morgan fingerprint density at radius 1 is 1.53 bits per heavy atom. The Labute approximate surface area is 87.0 Å². The summed E-state index contributed by atoms with van der Waals surface area (Å²) in [6.45, 7) is -0.0238. The van der Waals surface area contributed by atoms with Gasteiger partial charge in [0, 0.05) is 24.0 Å². The maximum Gasteiger partial charge on any atom is 0.156 e. The molecule has 0 aliphatic heterocycles. The van der Waals surface area contributed by atoms with Crippen molar-refractivity contribution < 1.29 is 9.84 Å². The van der Waals surface area contributed by atoms with Gasteiger partial charge in [0.1, 0.15) is 5.75 Å². The van der Waals surface area contributed by atoms with Gasteiger partial charge in [-0.2, -0.15) is 5.10 Å². The monoisotopic (exact) mass is 205 g/mol. The van der Waals surface area contributed by atoms with E-state index in [1.807, 2.05) is 0 Å². The number of pyridine rings is 1. The summed E-state index contributed by atoms with van der Waals surface area (Å²) in [6.07, 6.45) is 4.97. The summed E-state index contributed by atoms with van der Waals surface area (Å²) < 4.78 is 6.67. The average Bonchev–Trinajstić information content (AvgIpc) is 2.78. The van der Waals surface area contributed by atoms with Gasteiger partial charge in [-0.15, -0.1) is 0 Å². The first kappa shape index (κ1) is 9.67. The fourth-order valence-corrected chi connectivity index (χ4v) is 1.22. The molecule has 0 unspecified atom stereocenters. The van der Waals surface area contributed by atoms with Gasteiger partial charge >= 0.3 is 0 Å². The normalized spacial score (nSPS) is 10.3. The Balaban J connectivity index is 2.35. The molecule has 0 spiro atoms. The number of hydrogen-bond donors (Lipinski definition) is 1. The third kappa shape index (κ3) is 1.97. The van der Waals surface area contributed by atoms with Crippen molar-refractivity contribution in [2.45, 2.75) is 6.61 Å². The Morgan fingerprint density at radius 3 is 3.07 bits per heavy atom. The summed E-state index contributed by atoms with van der Waals surface area (Å²) in [5, 5.41) is 13.0. The fraction of sp³-hybridized carbons (Fsp3) is 0.200. The Morgan fingerprint density at radius 2 is 2.40 bits per heavy atom. The molecule has 2 aromatic rings. The smallest absolute Gasteiger partial charge is 0.156 e. The van der Waals surface area contributed by atoms with E-state index in [2.05, 4.69) is 10.1 Å². The minimum Gasteiger partial charge on any atom is -0.497 e. The van der Waals surface area contributed by atoms with E-state index in [4.69, 9.17) is 9.84 Å². The van der Waals surface area contributed by atoms with E-state index in [1.54, 1.807) is 42.5 Å². The zero-order valence-corrected chi connectivity index (χ0v) is 8.29. The molecule has 0 aromatic carbocycles. The molecule has 0 atom stereocenters. The molecule has 0 bridgehead atoms. The summed E-state index contributed by atoms with van der Waals surface area (Å²) in [7, 11) is 1.60. The van der Waals surface area contributed by atoms with Crippen molar-refractivity contribution in [2.24, 2.45) is 0 Å². The lowest BCUT2D eigenvalue weighted by atomic mass is 10.4. The van der Waals surface area contributed by atoms with Gasteiger partial charge < -0.3 is 9.84 Å². The lowest BCUT2D eigenvalue weighted by Gasteiger charge is -2.02. The van der Waals surface area contributed by atoms with Crippen molar-refractivity contribution in [2.75, 3.05) is 7.11 Å². The Bertz CT molecular complexity index is 453. The molecule has 0 amide bonds. The van der Waals surface area contributed by atoms with Crippen LogP contribution in [0.3, 0.4) is 0 Å². The Hall–Kier alpha value is -1.88. The van der Waals surface area contributed by atoms with E-state index in [1.165, 1.54) is 0 Å². The van der Waals surface area contributed by atoms with Crippen molar-refractivity contribution in [1.82, 2.24) is 14.8 Å². The van der Waals surface area contributed by atoms with Gasteiger partial charge in [-0.3, -0.25) is 0 Å². The fourth-order valence-electron chi connectivity index (χ4n) is 1.22. The quantitative estimate of drug-likeness (QED) is 0.804. The number of methoxy groups -OCH3 is 1. The molecule has 0 radical (unpaired) electrons. The zero-order chi connectivity index (χ0) is 10.7. The lowest BCUT2D eigenvalue weighted by molar-refractivity contribution is 0.282. The van der Waals surface area contributed by atoms with Crippen LogP contribution in [0.2, 0.25) is 0 Å². The van der Waals surface area contributed by atoms with Crippen LogP contribution < -0.4 is 4.74 Å². The summed E-state index contributed by atoms with van der Waals surface area (Å²) in [6, 6.07) is 3.54. The van der Waals surface area contributed by atoms with Crippen LogP contribution in [0.4, 0.5) is 0 Å². The molecule has 2 rings (SSSR count). The molecule has 78 valence electrons. The molecular weight excluding hydrogens is 194 g/mol. The van der Waals surface area contributed by atoms with Gasteiger partial charge in [-0.1, -0.05) is 0 Å². The van der Waals surface area contributed by atoms with Crippen LogP contribution in [0.15, 0.2) is 30.7 Å². The predicted octanol–water partition coefficient (Wildman–Crippen LogP) is 0.768. The highest BCUT2D eigenvalue weighted by atomic mass is 16.5. The molecule has 0 aliphatic rings. The van der Waals surface area contributed by atoms with Crippen LogP contribution in [0, 0.1) is 0 Å². The van der Waals surface area contributed by atoms with E-state index >= 15 is 0 Å². The first-order valence-corrected chi connectivity index (χ1v) is 4.48. The van der Waals surface area contributed by atoms with Crippen molar-refractivity contribution >= 4 is 0 Å². The molecule has 5 heteroatoms. The molecular formula is C10H11N3O2. The van der Waals surface area contributed by atoms with E-state index < -0.39 is 0 Å². The van der Waals surface area contributed by atoms with Crippen molar-refractivity contribution in [1.29, 1.82) is 0 Å². The number of hydrogen-bond acceptors (Lipinski definition) is 4. The van der Waals surface area contributed by atoms with Gasteiger partial charge in [0.05, 0.1) is 19.9 Å². The third-order valence-electron chi connectivity index (χ3n) is 2.01. The molecule has 0 aliphatic carbocycles. The number of aliphatic hydroxyl groups excluding tert-OH is 1. The van der Waals surface area contributed by atoms with E-state index in [9.17, 15) is 0 Å². The standard InChI is InChI=1S/C10H11N3O2/c1-15-9-2-3-11-10(4-9)13-6-8(7-14)5-12-13/h2-6,14H,7H2,1H3. The molecule has 1 N–H and O–H groups in total. The minimum absolute atomic E-state index is 0.0238. The number of aliphatic hydroxyl groups is 1. The van der Waals surface area contributed by atoms with Gasteiger partial charge in [0.2, 0.25) is 0 Å². The lowest BCUT2D eigenvalue weighted by Crippen LogP contribution is -1.97. The Kier molecular flexibility index (Phi) is 2.64. The summed E-state index contributed by atoms with van der Waals surface area (Å²) in [5.41, 5.74) is 0.750. The summed E-state index contributed by atoms with van der Waals surface area (Å²) in [4.78, 5) is 4.14. The van der Waals surface area contributed by atoms with E-state index in [-0.39, 0.29) is 6.61 Å². The minimum atomic E-state index is -0.0238. The topological polar surface area (TPSA) is 60.2 Å². The maximum absolute atomic E-state index is 8.90. The third-order valence-corrected chi connectivity index (χ3v) is 2.01. The van der Waals surface area contributed by atoms with Crippen molar-refractivity contribution in [3.8, 4) is 11.6 Å². The van der Waals surface area contributed by atoms with Crippen LogP contribution >= 0.6 is 0 Å². The van der Waals surface area contributed by atoms with Gasteiger partial charge in [0.15, 0.2) is 5.82 Å². The number of aromatic nitrogens is 3. The number of ether oxygens (including phenoxy) is 1. The van der Waals surface area contributed by atoms with E-state index in [0.29, 0.717) is 5.82 Å². The second kappa shape index (κ2) is 4.10. The first-order chi connectivity index (χ1) is 7.33. The van der Waals surface area contributed by atoms with Crippen LogP contribution in [0.1, 0.15) is 5.56 Å². The molecule has 5 nitrogen and oxygen atoms in total. The molecule has 0 saturated carbocycles. The highest BCUT2D eigenvalue weighted by molar-refractivity contribution is 5.31. The molecule has 15 heavy (non-hydrogen) atoms. The van der Waals surface area contributed by atoms with Crippen LogP contribution in [0.25, 0.3) is 5.82 Å². The van der Waals surface area contributed by atoms with Gasteiger partial charge in [0.25, 0.3) is 0 Å². The molecule has 2 heterocycles. The predicted molar refractivity (Wildman–Crippen MR) is 53.8 cm³/mol. The van der Waals surface area contributed by atoms with Crippen molar-refractivity contribution in [3.63, 3.8) is 0 Å². The highest BCUT2D eigenvalue weighted by Gasteiger charge is 2.02. The SMILES string of the molecule is COc1ccnc(-n2cc(CO)cn2)c1. The summed E-state index contributed by atoms with van der Waals surface area (Å²) in [5.74, 6) is 1.38. The van der Waals surface area contributed by atoms with Crippen LogP contribution in [0.5, 0.6) is 5.75 Å². The largest absolute Gasteiger partial charge is 0.497 e. The molecule has 0 fully saturated rings. The summed E-state index contributed by atoms with van der Waals surface area (Å²) >= 11 is 0. The molecule has 0 saturated heterocycles. The average molecular weight is 205 g/mol. The van der Waals surface area contributed by atoms with Crippen LogP contribution in [-0.2, 0) is 6.61 Å². The first-order valence-electron chi connectivity index (χ1n) is 4.48. The zero-order valence-electron chi connectivity index (χ0n) is 8.29. The van der Waals surface area contributed by atoms with Crippen molar-refractivity contribution in [3.05, 3.63) is 36.3 Å². The van der Waals surface area contributed by atoms with Gasteiger partial charge in [-0.05, 0) is 6.07 Å². The number of nitrogens with zero attached hydrogens (tertiary/aromatic N) is 3. The van der Waals surface area contributed by atoms with Crippen LogP contribution in [-0.4, -0.2) is 27.0 Å². The molecule has 2 aromatic heterocycles. The highest BCUT2D eigenvalue weighted by Crippen LogP contribution is 2.13. The van der Waals surface area contributed by atoms with E-state index in [0.717, 1.165) is 11.3 Å².